The summed E-state index contributed by atoms with van der Waals surface area (Å²) in [5.74, 6) is -0.791. The molecule has 5 rings (SSSR count). The zero-order chi connectivity index (χ0) is 25.3. The largest absolute Gasteiger partial charge is 0.481 e. The molecule has 0 aromatic carbocycles. The first-order valence-electron chi connectivity index (χ1n) is 13.2. The van der Waals surface area contributed by atoms with Crippen LogP contribution in [0.4, 0.5) is 5.69 Å². The van der Waals surface area contributed by atoms with Crippen molar-refractivity contribution < 1.29 is 19.5 Å². The lowest BCUT2D eigenvalue weighted by Gasteiger charge is -2.33. The number of nitrogens with one attached hydrogen (secondary N) is 3. The number of carboxylic acids is 1. The fourth-order valence-corrected chi connectivity index (χ4v) is 5.85. The van der Waals surface area contributed by atoms with Gasteiger partial charge in [-0.2, -0.15) is 5.10 Å². The molecule has 2 aliphatic carbocycles. The molecule has 1 aliphatic heterocycles. The molecule has 2 aromatic rings. The molecule has 3 aliphatic rings. The quantitative estimate of drug-likeness (QED) is 0.459. The number of aryl methyl sites for hydroxylation is 1. The minimum atomic E-state index is -0.700. The third-order valence-electron chi connectivity index (χ3n) is 8.01. The maximum absolute atomic E-state index is 12.3. The number of carbonyl (C=O) groups is 2. The van der Waals surface area contributed by atoms with E-state index in [0.29, 0.717) is 19.4 Å². The summed E-state index contributed by atoms with van der Waals surface area (Å²) < 4.78 is 1.88. The SMILES string of the molecule is CCNC(=O)C1CCC2(C=C(c3cnc4c(cnn4CC)c3NC3CCC(C(=O)O)CC3)NO2)CC1. The molecular weight excluding hydrogens is 460 g/mol. The van der Waals surface area contributed by atoms with Gasteiger partial charge in [-0.15, -0.1) is 0 Å². The van der Waals surface area contributed by atoms with E-state index in [9.17, 15) is 14.7 Å². The lowest BCUT2D eigenvalue weighted by molar-refractivity contribution is -0.142. The van der Waals surface area contributed by atoms with Gasteiger partial charge in [0.05, 0.1) is 28.9 Å². The number of nitrogens with zero attached hydrogens (tertiary/aromatic N) is 3. The molecule has 10 nitrogen and oxygen atoms in total. The first kappa shape index (κ1) is 24.5. The van der Waals surface area contributed by atoms with Gasteiger partial charge in [0.15, 0.2) is 5.65 Å². The molecule has 0 radical (unpaired) electrons. The van der Waals surface area contributed by atoms with Crippen molar-refractivity contribution in [3.05, 3.63) is 24.0 Å². The molecule has 2 fully saturated rings. The van der Waals surface area contributed by atoms with Crippen LogP contribution in [0.5, 0.6) is 0 Å². The lowest BCUT2D eigenvalue weighted by atomic mass is 9.78. The van der Waals surface area contributed by atoms with Crippen molar-refractivity contribution >= 4 is 34.3 Å². The van der Waals surface area contributed by atoms with Crippen molar-refractivity contribution in [2.75, 3.05) is 11.9 Å². The van der Waals surface area contributed by atoms with Crippen LogP contribution in [0.25, 0.3) is 16.7 Å². The predicted octanol–water partition coefficient (Wildman–Crippen LogP) is 3.45. The highest BCUT2D eigenvalue weighted by Gasteiger charge is 2.41. The van der Waals surface area contributed by atoms with E-state index in [0.717, 1.165) is 73.1 Å². The molecule has 4 N–H and O–H groups in total. The third-order valence-corrected chi connectivity index (χ3v) is 8.01. The standard InChI is InChI=1S/C26H36N6O4/c1-3-27-24(33)16-9-11-26(12-10-16)13-21(31-36-26)19-14-28-23-20(15-29-32(23)4-2)22(19)30-18-7-5-17(6-8-18)25(34)35/h13-18,31H,3-12H2,1-2H3,(H,27,33)(H,28,30)(H,34,35). The first-order valence-corrected chi connectivity index (χ1v) is 13.2. The summed E-state index contributed by atoms with van der Waals surface area (Å²) in [6.07, 6.45) is 11.9. The summed E-state index contributed by atoms with van der Waals surface area (Å²) in [7, 11) is 0. The van der Waals surface area contributed by atoms with Crippen molar-refractivity contribution in [3.8, 4) is 0 Å². The van der Waals surface area contributed by atoms with Gasteiger partial charge in [0.25, 0.3) is 0 Å². The number of hydrogen-bond acceptors (Lipinski definition) is 7. The van der Waals surface area contributed by atoms with Crippen molar-refractivity contribution in [1.82, 2.24) is 25.6 Å². The van der Waals surface area contributed by atoms with Gasteiger partial charge < -0.3 is 15.7 Å². The maximum Gasteiger partial charge on any atom is 0.306 e. The first-order chi connectivity index (χ1) is 17.4. The second-order valence-electron chi connectivity index (χ2n) is 10.3. The van der Waals surface area contributed by atoms with Gasteiger partial charge >= 0.3 is 5.97 Å². The van der Waals surface area contributed by atoms with E-state index < -0.39 is 11.6 Å². The normalized spacial score (nSPS) is 28.1. The van der Waals surface area contributed by atoms with Crippen LogP contribution in [0, 0.1) is 11.8 Å². The van der Waals surface area contributed by atoms with Gasteiger partial charge in [0, 0.05) is 36.8 Å². The number of rotatable bonds is 7. The summed E-state index contributed by atoms with van der Waals surface area (Å²) in [5.41, 5.74) is 6.29. The Bertz CT molecular complexity index is 1160. The smallest absolute Gasteiger partial charge is 0.306 e. The topological polar surface area (TPSA) is 130 Å². The van der Waals surface area contributed by atoms with E-state index in [2.05, 4.69) is 27.3 Å². The van der Waals surface area contributed by atoms with Crippen LogP contribution in [-0.4, -0.2) is 49.9 Å². The average molecular weight is 497 g/mol. The second-order valence-corrected chi connectivity index (χ2v) is 10.3. The molecule has 10 heteroatoms. The highest BCUT2D eigenvalue weighted by molar-refractivity contribution is 5.96. The minimum absolute atomic E-state index is 0.0349. The summed E-state index contributed by atoms with van der Waals surface area (Å²) in [6, 6.07) is 0.180. The van der Waals surface area contributed by atoms with Crippen molar-refractivity contribution in [2.45, 2.75) is 83.4 Å². The van der Waals surface area contributed by atoms with E-state index >= 15 is 0 Å². The number of amides is 1. The molecule has 2 saturated carbocycles. The second kappa shape index (κ2) is 10.1. The van der Waals surface area contributed by atoms with Gasteiger partial charge in [0.2, 0.25) is 5.91 Å². The number of aliphatic carboxylic acids is 1. The molecule has 0 unspecified atom stereocenters. The number of carboxylic acid groups (broad SMARTS) is 1. The van der Waals surface area contributed by atoms with Gasteiger partial charge in [0.1, 0.15) is 5.60 Å². The monoisotopic (exact) mass is 496 g/mol. The molecule has 36 heavy (non-hydrogen) atoms. The van der Waals surface area contributed by atoms with E-state index in [1.165, 1.54) is 0 Å². The summed E-state index contributed by atoms with van der Waals surface area (Å²) >= 11 is 0. The zero-order valence-corrected chi connectivity index (χ0v) is 21.0. The van der Waals surface area contributed by atoms with Crippen LogP contribution >= 0.6 is 0 Å². The number of pyridine rings is 1. The van der Waals surface area contributed by atoms with Crippen LogP contribution in [0.15, 0.2) is 18.5 Å². The van der Waals surface area contributed by atoms with Gasteiger partial charge in [-0.25, -0.2) is 9.67 Å². The molecule has 3 heterocycles. The Morgan fingerprint density at radius 2 is 1.89 bits per heavy atom. The van der Waals surface area contributed by atoms with Crippen LogP contribution in [0.1, 0.15) is 70.8 Å². The van der Waals surface area contributed by atoms with Crippen LogP contribution in [-0.2, 0) is 21.0 Å². The Morgan fingerprint density at radius 1 is 1.14 bits per heavy atom. The molecule has 194 valence electrons. The van der Waals surface area contributed by atoms with Gasteiger partial charge in [-0.05, 0) is 71.3 Å². The number of hydroxylamine groups is 1. The number of hydrogen-bond donors (Lipinski definition) is 4. The number of carbonyl (C=O) groups excluding carboxylic acids is 1. The Morgan fingerprint density at radius 3 is 2.56 bits per heavy atom. The Labute approximate surface area is 210 Å². The molecule has 1 spiro atoms. The van der Waals surface area contributed by atoms with E-state index in [-0.39, 0.29) is 23.8 Å². The molecule has 2 aromatic heterocycles. The van der Waals surface area contributed by atoms with E-state index in [1.807, 2.05) is 30.9 Å². The predicted molar refractivity (Wildman–Crippen MR) is 136 cm³/mol. The number of fused-ring (bicyclic) bond motifs is 1. The van der Waals surface area contributed by atoms with Crippen molar-refractivity contribution in [3.63, 3.8) is 0 Å². The average Bonchev–Trinajstić information content (AvgIpc) is 3.49. The molecular formula is C26H36N6O4. The Hall–Kier alpha value is -3.14. The number of anilines is 1. The maximum atomic E-state index is 12.3. The lowest BCUT2D eigenvalue weighted by Crippen LogP contribution is -2.39. The molecule has 0 bridgehead atoms. The van der Waals surface area contributed by atoms with Gasteiger partial charge in [-0.1, -0.05) is 0 Å². The number of aromatic nitrogens is 3. The van der Waals surface area contributed by atoms with Crippen molar-refractivity contribution in [1.29, 1.82) is 0 Å². The molecule has 0 atom stereocenters. The zero-order valence-electron chi connectivity index (χ0n) is 21.0. The van der Waals surface area contributed by atoms with Gasteiger partial charge in [-0.3, -0.25) is 19.9 Å². The summed E-state index contributed by atoms with van der Waals surface area (Å²) in [4.78, 5) is 34.6. The Balaban J connectivity index is 1.40. The fourth-order valence-electron chi connectivity index (χ4n) is 5.85. The van der Waals surface area contributed by atoms with E-state index in [4.69, 9.17) is 9.82 Å². The molecule has 1 amide bonds. The fraction of sp³-hybridized carbons (Fsp3) is 0.615. The highest BCUT2D eigenvalue weighted by atomic mass is 16.7. The van der Waals surface area contributed by atoms with E-state index in [1.54, 1.807) is 0 Å². The van der Waals surface area contributed by atoms with Crippen LogP contribution < -0.4 is 16.1 Å². The summed E-state index contributed by atoms with van der Waals surface area (Å²) in [5, 5.41) is 21.5. The van der Waals surface area contributed by atoms with Crippen molar-refractivity contribution in [2.24, 2.45) is 11.8 Å². The highest BCUT2D eigenvalue weighted by Crippen LogP contribution is 2.42. The molecule has 0 saturated heterocycles. The Kier molecular flexibility index (Phi) is 6.87. The van der Waals surface area contributed by atoms with Crippen LogP contribution in [0.3, 0.4) is 0 Å². The van der Waals surface area contributed by atoms with Crippen LogP contribution in [0.2, 0.25) is 0 Å². The summed E-state index contributed by atoms with van der Waals surface area (Å²) in [6.45, 7) is 5.36. The minimum Gasteiger partial charge on any atom is -0.481 e. The third kappa shape index (κ3) is 4.66.